The molecule has 2 amide bonds. The summed E-state index contributed by atoms with van der Waals surface area (Å²) in [7, 11) is 0. The van der Waals surface area contributed by atoms with Gasteiger partial charge in [-0.05, 0) is 62.7 Å². The van der Waals surface area contributed by atoms with Crippen molar-refractivity contribution >= 4 is 44.9 Å². The van der Waals surface area contributed by atoms with Crippen LogP contribution in [0.5, 0.6) is 5.75 Å². The van der Waals surface area contributed by atoms with E-state index in [0.717, 1.165) is 28.9 Å². The molecule has 0 unspecified atom stereocenters. The zero-order chi connectivity index (χ0) is 19.6. The molecule has 146 valence electrons. The lowest BCUT2D eigenvalue weighted by molar-refractivity contribution is 0.250. The van der Waals surface area contributed by atoms with Crippen molar-refractivity contribution in [1.82, 2.24) is 5.32 Å². The fourth-order valence-corrected chi connectivity index (χ4v) is 3.30. The largest absolute Gasteiger partial charge is 0.492 e. The van der Waals surface area contributed by atoms with Gasteiger partial charge in [0.05, 0.1) is 11.6 Å². The normalized spacial score (nSPS) is 10.4. The van der Waals surface area contributed by atoms with Crippen LogP contribution in [0.25, 0.3) is 0 Å². The molecule has 0 aliphatic heterocycles. The van der Waals surface area contributed by atoms with E-state index in [-0.39, 0.29) is 6.03 Å². The number of nitrogens with one attached hydrogen (secondary N) is 2. The minimum atomic E-state index is -0.229. The van der Waals surface area contributed by atoms with Crippen LogP contribution in [0.2, 0.25) is 5.02 Å². The lowest BCUT2D eigenvalue weighted by Gasteiger charge is -2.21. The van der Waals surface area contributed by atoms with Crippen LogP contribution < -0.4 is 20.3 Å². The maximum Gasteiger partial charge on any atom is 0.319 e. The highest BCUT2D eigenvalue weighted by molar-refractivity contribution is 9.10. The van der Waals surface area contributed by atoms with Crippen LogP contribution in [-0.4, -0.2) is 32.3 Å². The number of anilines is 2. The lowest BCUT2D eigenvalue weighted by Crippen LogP contribution is -2.30. The monoisotopic (exact) mass is 453 g/mol. The van der Waals surface area contributed by atoms with Gasteiger partial charge >= 0.3 is 6.03 Å². The number of rotatable bonds is 9. The Labute approximate surface area is 174 Å². The molecule has 0 aliphatic rings. The Morgan fingerprint density at radius 1 is 1.15 bits per heavy atom. The fourth-order valence-electron chi connectivity index (χ4n) is 2.57. The van der Waals surface area contributed by atoms with Crippen molar-refractivity contribution in [2.45, 2.75) is 20.3 Å². The second-order valence-corrected chi connectivity index (χ2v) is 7.20. The third-order valence-electron chi connectivity index (χ3n) is 4.01. The molecule has 7 heteroatoms. The Hall–Kier alpha value is -1.92. The smallest absolute Gasteiger partial charge is 0.319 e. The van der Waals surface area contributed by atoms with Crippen LogP contribution in [0.3, 0.4) is 0 Å². The van der Waals surface area contributed by atoms with Crippen LogP contribution in [0.4, 0.5) is 16.2 Å². The van der Waals surface area contributed by atoms with E-state index in [4.69, 9.17) is 16.3 Å². The molecule has 2 rings (SSSR count). The highest BCUT2D eigenvalue weighted by Crippen LogP contribution is 2.27. The summed E-state index contributed by atoms with van der Waals surface area (Å²) in [5.41, 5.74) is 1.91. The van der Waals surface area contributed by atoms with Gasteiger partial charge in [0.25, 0.3) is 0 Å². The molecule has 2 N–H and O–H groups in total. The van der Waals surface area contributed by atoms with Crippen molar-refractivity contribution in [2.75, 3.05) is 36.5 Å². The summed E-state index contributed by atoms with van der Waals surface area (Å²) in [4.78, 5) is 14.2. The lowest BCUT2D eigenvalue weighted by atomic mass is 10.2. The van der Waals surface area contributed by atoms with E-state index in [9.17, 15) is 4.79 Å². The summed E-state index contributed by atoms with van der Waals surface area (Å²) in [5.74, 6) is 0.637. The van der Waals surface area contributed by atoms with Gasteiger partial charge in [0.15, 0.2) is 0 Å². The molecule has 0 fully saturated rings. The molecular formula is C20H25BrClN3O2. The number of hydrogen-bond donors (Lipinski definition) is 2. The Bertz CT molecular complexity index is 737. The summed E-state index contributed by atoms with van der Waals surface area (Å²) in [6.45, 7) is 7.14. The van der Waals surface area contributed by atoms with E-state index in [0.29, 0.717) is 30.3 Å². The molecule has 27 heavy (non-hydrogen) atoms. The van der Waals surface area contributed by atoms with Crippen LogP contribution in [0.15, 0.2) is 46.9 Å². The highest BCUT2D eigenvalue weighted by Gasteiger charge is 2.05. The number of amides is 2. The van der Waals surface area contributed by atoms with E-state index in [1.165, 1.54) is 0 Å². The Kier molecular flexibility index (Phi) is 8.75. The van der Waals surface area contributed by atoms with Gasteiger partial charge in [-0.3, -0.25) is 0 Å². The van der Waals surface area contributed by atoms with Gasteiger partial charge in [0, 0.05) is 35.5 Å². The van der Waals surface area contributed by atoms with Crippen molar-refractivity contribution in [3.05, 3.63) is 52.0 Å². The second kappa shape index (κ2) is 11.0. The third-order valence-corrected chi connectivity index (χ3v) is 4.80. The summed E-state index contributed by atoms with van der Waals surface area (Å²) < 4.78 is 6.53. The Morgan fingerprint density at radius 2 is 1.85 bits per heavy atom. The van der Waals surface area contributed by atoms with E-state index in [1.807, 2.05) is 36.4 Å². The van der Waals surface area contributed by atoms with Crippen LogP contribution in [0.1, 0.15) is 20.3 Å². The summed E-state index contributed by atoms with van der Waals surface area (Å²) in [6.07, 6.45) is 0.681. The number of urea groups is 1. The predicted molar refractivity (Wildman–Crippen MR) is 116 cm³/mol. The van der Waals surface area contributed by atoms with Crippen molar-refractivity contribution < 1.29 is 9.53 Å². The maximum atomic E-state index is 12.0. The van der Waals surface area contributed by atoms with Crippen molar-refractivity contribution in [2.24, 2.45) is 0 Å². The number of halogens is 2. The van der Waals surface area contributed by atoms with Gasteiger partial charge < -0.3 is 20.3 Å². The summed E-state index contributed by atoms with van der Waals surface area (Å²) in [6, 6.07) is 13.1. The first kappa shape index (κ1) is 21.4. The number of nitrogens with zero attached hydrogens (tertiary/aromatic N) is 1. The van der Waals surface area contributed by atoms with Gasteiger partial charge in [-0.2, -0.15) is 0 Å². The quantitative estimate of drug-likeness (QED) is 0.489. The first-order chi connectivity index (χ1) is 13.0. The molecule has 2 aromatic rings. The predicted octanol–water partition coefficient (Wildman–Crippen LogP) is 5.54. The van der Waals surface area contributed by atoms with Gasteiger partial charge in [0.1, 0.15) is 5.75 Å². The van der Waals surface area contributed by atoms with Crippen molar-refractivity contribution in [3.63, 3.8) is 0 Å². The average molecular weight is 455 g/mol. The molecule has 2 aromatic carbocycles. The van der Waals surface area contributed by atoms with E-state index >= 15 is 0 Å². The Balaban J connectivity index is 1.68. The molecule has 0 aromatic heterocycles. The van der Waals surface area contributed by atoms with E-state index in [1.54, 1.807) is 6.07 Å². The number of carbonyl (C=O) groups excluding carboxylic acids is 1. The molecule has 0 saturated heterocycles. The minimum absolute atomic E-state index is 0.229. The molecule has 0 aliphatic carbocycles. The molecule has 0 atom stereocenters. The zero-order valence-corrected chi connectivity index (χ0v) is 17.9. The minimum Gasteiger partial charge on any atom is -0.492 e. The molecule has 0 bridgehead atoms. The second-order valence-electron chi connectivity index (χ2n) is 5.88. The van der Waals surface area contributed by atoms with Gasteiger partial charge in [-0.25, -0.2) is 4.79 Å². The van der Waals surface area contributed by atoms with Gasteiger partial charge in [0.2, 0.25) is 0 Å². The van der Waals surface area contributed by atoms with Crippen molar-refractivity contribution in [3.8, 4) is 5.75 Å². The number of benzene rings is 2. The topological polar surface area (TPSA) is 53.6 Å². The molecule has 0 spiro atoms. The first-order valence-electron chi connectivity index (χ1n) is 9.01. The van der Waals surface area contributed by atoms with Gasteiger partial charge in [-0.1, -0.05) is 27.5 Å². The molecule has 0 saturated carbocycles. The van der Waals surface area contributed by atoms with E-state index in [2.05, 4.69) is 45.3 Å². The standard InChI is InChI=1S/C20H25BrClN3O2/c1-3-25(4-2)17-9-7-16(8-10-17)24-20(26)23-12-5-13-27-19-11-6-15(21)14-18(19)22/h6-11,14H,3-5,12-13H2,1-2H3,(H2,23,24,26). The van der Waals surface area contributed by atoms with Crippen LogP contribution in [0, 0.1) is 0 Å². The fraction of sp³-hybridized carbons (Fsp3) is 0.350. The zero-order valence-electron chi connectivity index (χ0n) is 15.6. The SMILES string of the molecule is CCN(CC)c1ccc(NC(=O)NCCCOc2ccc(Br)cc2Cl)cc1. The molecule has 0 radical (unpaired) electrons. The number of carbonyl (C=O) groups is 1. The summed E-state index contributed by atoms with van der Waals surface area (Å²) >= 11 is 9.45. The summed E-state index contributed by atoms with van der Waals surface area (Å²) in [5, 5.41) is 6.21. The first-order valence-corrected chi connectivity index (χ1v) is 10.2. The number of hydrogen-bond acceptors (Lipinski definition) is 3. The average Bonchev–Trinajstić information content (AvgIpc) is 2.65. The van der Waals surface area contributed by atoms with Crippen LogP contribution in [-0.2, 0) is 0 Å². The number of ether oxygens (including phenoxy) is 1. The third kappa shape index (κ3) is 6.96. The van der Waals surface area contributed by atoms with E-state index < -0.39 is 0 Å². The van der Waals surface area contributed by atoms with Crippen LogP contribution >= 0.6 is 27.5 Å². The Morgan fingerprint density at radius 3 is 2.48 bits per heavy atom. The van der Waals surface area contributed by atoms with Gasteiger partial charge in [-0.15, -0.1) is 0 Å². The van der Waals surface area contributed by atoms with Crippen molar-refractivity contribution in [1.29, 1.82) is 0 Å². The maximum absolute atomic E-state index is 12.0. The molecule has 5 nitrogen and oxygen atoms in total. The highest BCUT2D eigenvalue weighted by atomic mass is 79.9. The molecular weight excluding hydrogens is 430 g/mol. The molecule has 0 heterocycles.